The normalized spacial score (nSPS) is 11.0. The summed E-state index contributed by atoms with van der Waals surface area (Å²) >= 11 is 10.9. The molecule has 5 N–H and O–H groups in total. The number of benzene rings is 2. The lowest BCUT2D eigenvalue weighted by Gasteiger charge is -2.11. The van der Waals surface area contributed by atoms with Crippen LogP contribution in [0.2, 0.25) is 5.02 Å². The smallest absolute Gasteiger partial charge is 0.256 e. The predicted molar refractivity (Wildman–Crippen MR) is 108 cm³/mol. The van der Waals surface area contributed by atoms with Gasteiger partial charge < -0.3 is 21.3 Å². The van der Waals surface area contributed by atoms with Crippen molar-refractivity contribution in [2.24, 2.45) is 0 Å². The molecule has 0 spiro atoms. The second kappa shape index (κ2) is 7.87. The third-order valence-electron chi connectivity index (χ3n) is 3.84. The van der Waals surface area contributed by atoms with Gasteiger partial charge in [0.15, 0.2) is 6.29 Å². The molecular formula is C18H14ClFN2O3S2. The Morgan fingerprint density at radius 3 is 2.63 bits per heavy atom. The second-order valence-electron chi connectivity index (χ2n) is 5.62. The molecule has 0 aliphatic rings. The molecule has 5 nitrogen and oxygen atoms in total. The Morgan fingerprint density at radius 2 is 2.00 bits per heavy atom. The highest BCUT2D eigenvalue weighted by Gasteiger charge is 2.21. The molecule has 27 heavy (non-hydrogen) atoms. The van der Waals surface area contributed by atoms with Gasteiger partial charge in [-0.05, 0) is 35.9 Å². The third-order valence-corrected chi connectivity index (χ3v) is 5.46. The van der Waals surface area contributed by atoms with Crippen molar-refractivity contribution in [3.05, 3.63) is 63.7 Å². The lowest BCUT2D eigenvalue weighted by molar-refractivity contribution is -0.0411. The molecule has 0 fully saturated rings. The molecule has 0 saturated carbocycles. The Bertz CT molecular complexity index is 1020. The van der Waals surface area contributed by atoms with Crippen molar-refractivity contribution < 1.29 is 19.4 Å². The Labute approximate surface area is 168 Å². The average molecular weight is 425 g/mol. The van der Waals surface area contributed by atoms with Gasteiger partial charge in [-0.25, -0.2) is 4.39 Å². The van der Waals surface area contributed by atoms with E-state index in [1.165, 1.54) is 18.2 Å². The highest BCUT2D eigenvalue weighted by molar-refractivity contribution is 7.80. The number of carbonyl (C=O) groups is 1. The molecule has 0 saturated heterocycles. The van der Waals surface area contributed by atoms with E-state index in [4.69, 9.17) is 17.3 Å². The van der Waals surface area contributed by atoms with Gasteiger partial charge in [-0.1, -0.05) is 17.7 Å². The minimum atomic E-state index is -1.87. The molecule has 0 bridgehead atoms. The Hall–Kier alpha value is -2.10. The summed E-state index contributed by atoms with van der Waals surface area (Å²) in [6.07, 6.45) is -1.87. The Morgan fingerprint density at radius 1 is 1.26 bits per heavy atom. The molecule has 3 aromatic rings. The predicted octanol–water partition coefficient (Wildman–Crippen LogP) is 4.31. The van der Waals surface area contributed by atoms with Gasteiger partial charge >= 0.3 is 0 Å². The van der Waals surface area contributed by atoms with Gasteiger partial charge in [0, 0.05) is 32.7 Å². The maximum Gasteiger partial charge on any atom is 0.256 e. The number of hydrogen-bond donors (Lipinski definition) is 5. The van der Waals surface area contributed by atoms with Crippen molar-refractivity contribution in [1.29, 1.82) is 0 Å². The number of amides is 1. The monoisotopic (exact) mass is 424 g/mol. The molecule has 0 aliphatic heterocycles. The van der Waals surface area contributed by atoms with E-state index in [0.29, 0.717) is 21.7 Å². The van der Waals surface area contributed by atoms with Gasteiger partial charge in [0.05, 0.1) is 5.02 Å². The molecule has 2 aromatic carbocycles. The molecule has 0 radical (unpaired) electrons. The summed E-state index contributed by atoms with van der Waals surface area (Å²) in [5, 5.41) is 24.0. The van der Waals surface area contributed by atoms with E-state index in [0.717, 1.165) is 11.3 Å². The zero-order valence-electron chi connectivity index (χ0n) is 13.6. The number of anilines is 2. The highest BCUT2D eigenvalue weighted by atomic mass is 35.5. The fraction of sp³-hybridized carbons (Fsp3) is 0.0556. The van der Waals surface area contributed by atoms with E-state index >= 15 is 0 Å². The molecule has 1 heterocycles. The minimum Gasteiger partial charge on any atom is -0.398 e. The van der Waals surface area contributed by atoms with Crippen LogP contribution in [0.3, 0.4) is 0 Å². The number of thiophene rings is 1. The SMILES string of the molecule is Nc1cc(C(=O)Nc2scc(-c3ccc(Cl)c(F)c3)c2C(O)O)ccc1S. The number of aliphatic hydroxyl groups is 2. The maximum atomic E-state index is 13.8. The van der Waals surface area contributed by atoms with E-state index < -0.39 is 18.0 Å². The van der Waals surface area contributed by atoms with Crippen molar-refractivity contribution in [3.63, 3.8) is 0 Å². The van der Waals surface area contributed by atoms with E-state index in [2.05, 4.69) is 17.9 Å². The number of rotatable bonds is 4. The first kappa shape index (κ1) is 19.7. The number of nitrogens with two attached hydrogens (primary N) is 1. The highest BCUT2D eigenvalue weighted by Crippen LogP contribution is 2.39. The van der Waals surface area contributed by atoms with Crippen LogP contribution >= 0.6 is 35.6 Å². The van der Waals surface area contributed by atoms with E-state index in [1.807, 2.05) is 0 Å². The number of carbonyl (C=O) groups excluding carboxylic acids is 1. The first-order valence-corrected chi connectivity index (χ1v) is 9.31. The molecule has 0 atom stereocenters. The van der Waals surface area contributed by atoms with Crippen LogP contribution in [-0.2, 0) is 0 Å². The summed E-state index contributed by atoms with van der Waals surface area (Å²) in [6, 6.07) is 8.72. The molecule has 140 valence electrons. The topological polar surface area (TPSA) is 95.6 Å². The summed E-state index contributed by atoms with van der Waals surface area (Å²) in [5.41, 5.74) is 7.24. The lowest BCUT2D eigenvalue weighted by atomic mass is 10.0. The van der Waals surface area contributed by atoms with Crippen LogP contribution < -0.4 is 11.1 Å². The number of nitrogens with one attached hydrogen (secondary N) is 1. The van der Waals surface area contributed by atoms with Crippen LogP contribution in [-0.4, -0.2) is 16.1 Å². The van der Waals surface area contributed by atoms with Crippen LogP contribution in [0, 0.1) is 5.82 Å². The summed E-state index contributed by atoms with van der Waals surface area (Å²) in [6.45, 7) is 0. The number of hydrogen-bond acceptors (Lipinski definition) is 6. The average Bonchev–Trinajstić information content (AvgIpc) is 3.03. The van der Waals surface area contributed by atoms with Crippen molar-refractivity contribution in [2.75, 3.05) is 11.1 Å². The van der Waals surface area contributed by atoms with Gasteiger partial charge in [-0.3, -0.25) is 4.79 Å². The zero-order chi connectivity index (χ0) is 19.7. The number of thiol groups is 1. The number of nitrogen functional groups attached to an aromatic ring is 1. The second-order valence-corrected chi connectivity index (χ2v) is 7.39. The molecular weight excluding hydrogens is 411 g/mol. The molecule has 0 unspecified atom stereocenters. The third kappa shape index (κ3) is 4.10. The van der Waals surface area contributed by atoms with Crippen LogP contribution in [0.15, 0.2) is 46.7 Å². The number of aliphatic hydroxyl groups excluding tert-OH is 1. The Kier molecular flexibility index (Phi) is 5.73. The quantitative estimate of drug-likeness (QED) is 0.245. The van der Waals surface area contributed by atoms with Crippen LogP contribution in [0.4, 0.5) is 15.1 Å². The largest absolute Gasteiger partial charge is 0.398 e. The summed E-state index contributed by atoms with van der Waals surface area (Å²) in [5.74, 6) is -1.11. The van der Waals surface area contributed by atoms with Gasteiger partial charge in [0.1, 0.15) is 10.8 Å². The lowest BCUT2D eigenvalue weighted by Crippen LogP contribution is -2.13. The maximum absolute atomic E-state index is 13.8. The van der Waals surface area contributed by atoms with Crippen molar-refractivity contribution in [2.45, 2.75) is 11.2 Å². The fourth-order valence-electron chi connectivity index (χ4n) is 2.48. The molecule has 1 aromatic heterocycles. The molecule has 1 amide bonds. The van der Waals surface area contributed by atoms with Crippen LogP contribution in [0.1, 0.15) is 22.2 Å². The molecule has 0 aliphatic carbocycles. The number of halogens is 2. The van der Waals surface area contributed by atoms with Gasteiger partial charge in [-0.15, -0.1) is 24.0 Å². The van der Waals surface area contributed by atoms with Gasteiger partial charge in [0.25, 0.3) is 5.91 Å². The fourth-order valence-corrected chi connectivity index (χ4v) is 3.73. The van der Waals surface area contributed by atoms with Crippen LogP contribution in [0.25, 0.3) is 11.1 Å². The molecule has 3 rings (SSSR count). The summed E-state index contributed by atoms with van der Waals surface area (Å²) in [7, 11) is 0. The van der Waals surface area contributed by atoms with Gasteiger partial charge in [-0.2, -0.15) is 0 Å². The van der Waals surface area contributed by atoms with Crippen molar-refractivity contribution in [1.82, 2.24) is 0 Å². The first-order valence-electron chi connectivity index (χ1n) is 7.60. The molecule has 9 heteroatoms. The van der Waals surface area contributed by atoms with Gasteiger partial charge in [0.2, 0.25) is 0 Å². The minimum absolute atomic E-state index is 0.0428. The zero-order valence-corrected chi connectivity index (χ0v) is 16.1. The van der Waals surface area contributed by atoms with Crippen molar-refractivity contribution in [3.8, 4) is 11.1 Å². The standard InChI is InChI=1S/C18H14ClFN2O3S2/c19-11-3-1-8(5-12(11)20)10-7-27-17(15(10)18(24)25)22-16(23)9-2-4-14(26)13(21)6-9/h1-7,18,24-26H,21H2,(H,22,23). The first-order chi connectivity index (χ1) is 12.8. The van der Waals surface area contributed by atoms with E-state index in [1.54, 1.807) is 23.6 Å². The summed E-state index contributed by atoms with van der Waals surface area (Å²) < 4.78 is 13.8. The van der Waals surface area contributed by atoms with Crippen LogP contribution in [0.5, 0.6) is 0 Å². The van der Waals surface area contributed by atoms with E-state index in [-0.39, 0.29) is 21.2 Å². The summed E-state index contributed by atoms with van der Waals surface area (Å²) in [4.78, 5) is 13.0. The van der Waals surface area contributed by atoms with Crippen molar-refractivity contribution >= 4 is 52.2 Å². The van der Waals surface area contributed by atoms with E-state index in [9.17, 15) is 19.4 Å². The Balaban J connectivity index is 1.96.